The molecule has 1 aliphatic heterocycles. The topological polar surface area (TPSA) is 38.5 Å². The molecule has 3 nitrogen and oxygen atoms in total. The minimum absolute atomic E-state index is 0.310. The minimum Gasteiger partial charge on any atom is -0.492 e. The highest BCUT2D eigenvalue weighted by Crippen LogP contribution is 2.30. The fourth-order valence-electron chi connectivity index (χ4n) is 2.23. The van der Waals surface area contributed by atoms with Crippen LogP contribution in [0.4, 0.5) is 0 Å². The summed E-state index contributed by atoms with van der Waals surface area (Å²) in [7, 11) is 0. The molecule has 2 rings (SSSR count). The van der Waals surface area contributed by atoms with Gasteiger partial charge in [-0.15, -0.1) is 0 Å². The van der Waals surface area contributed by atoms with E-state index >= 15 is 0 Å². The lowest BCUT2D eigenvalue weighted by atomic mass is 10.2. The van der Waals surface area contributed by atoms with Gasteiger partial charge in [-0.2, -0.15) is 0 Å². The van der Waals surface area contributed by atoms with E-state index in [0.29, 0.717) is 17.7 Å². The number of para-hydroxylation sites is 1. The van der Waals surface area contributed by atoms with Crippen LogP contribution in [0.3, 0.4) is 0 Å². The first-order valence-electron chi connectivity index (χ1n) is 6.08. The number of nitrogens with zero attached hydrogens (tertiary/aromatic N) is 1. The Kier molecular flexibility index (Phi) is 4.26. The number of hydrogen-bond donors (Lipinski definition) is 1. The maximum atomic E-state index is 6.15. The van der Waals surface area contributed by atoms with Gasteiger partial charge >= 0.3 is 0 Å². The number of hydrogen-bond acceptors (Lipinski definition) is 3. The Labute approximate surface area is 107 Å². The van der Waals surface area contributed by atoms with Gasteiger partial charge in [0, 0.05) is 31.2 Å². The molecular weight excluding hydrogens is 236 g/mol. The number of likely N-dealkylation sites (tertiary alicyclic amines) is 1. The van der Waals surface area contributed by atoms with Gasteiger partial charge in [-0.05, 0) is 19.4 Å². The van der Waals surface area contributed by atoms with E-state index in [9.17, 15) is 0 Å². The molecule has 1 heterocycles. The summed E-state index contributed by atoms with van der Waals surface area (Å²) in [6, 6.07) is 6.22. The van der Waals surface area contributed by atoms with E-state index in [1.54, 1.807) is 0 Å². The molecule has 94 valence electrons. The molecule has 0 spiro atoms. The average molecular weight is 255 g/mol. The first-order valence-corrected chi connectivity index (χ1v) is 6.46. The predicted octanol–water partition coefficient (Wildman–Crippen LogP) is 2.27. The Morgan fingerprint density at radius 2 is 2.35 bits per heavy atom. The summed E-state index contributed by atoms with van der Waals surface area (Å²) >= 11 is 6.15. The van der Waals surface area contributed by atoms with Crippen LogP contribution in [0.2, 0.25) is 5.02 Å². The Hall–Kier alpha value is -0.770. The van der Waals surface area contributed by atoms with Gasteiger partial charge in [0.25, 0.3) is 0 Å². The van der Waals surface area contributed by atoms with Crippen LogP contribution in [-0.2, 0) is 6.54 Å². The SMILES string of the molecule is CCOc1c(Cl)cccc1CN1CCC(N)C1. The van der Waals surface area contributed by atoms with Crippen molar-refractivity contribution in [2.45, 2.75) is 25.9 Å². The molecule has 4 heteroatoms. The van der Waals surface area contributed by atoms with E-state index in [0.717, 1.165) is 37.4 Å². The zero-order chi connectivity index (χ0) is 12.3. The van der Waals surface area contributed by atoms with Gasteiger partial charge < -0.3 is 10.5 Å². The molecule has 1 atom stereocenters. The second-order valence-electron chi connectivity index (χ2n) is 4.44. The van der Waals surface area contributed by atoms with Crippen LogP contribution in [-0.4, -0.2) is 30.6 Å². The van der Waals surface area contributed by atoms with E-state index in [1.807, 2.05) is 19.1 Å². The molecule has 0 saturated carbocycles. The molecular formula is C13H19ClN2O. The Bertz CT molecular complexity index is 384. The van der Waals surface area contributed by atoms with E-state index in [4.69, 9.17) is 22.1 Å². The van der Waals surface area contributed by atoms with Gasteiger partial charge in [-0.3, -0.25) is 4.90 Å². The third-order valence-corrected chi connectivity index (χ3v) is 3.34. The van der Waals surface area contributed by atoms with Crippen molar-refractivity contribution in [3.8, 4) is 5.75 Å². The number of nitrogens with two attached hydrogens (primary N) is 1. The number of ether oxygens (including phenoxy) is 1. The zero-order valence-corrected chi connectivity index (χ0v) is 10.9. The summed E-state index contributed by atoms with van der Waals surface area (Å²) in [5, 5.41) is 0.688. The molecule has 1 aromatic rings. The fourth-order valence-corrected chi connectivity index (χ4v) is 2.48. The maximum absolute atomic E-state index is 6.15. The monoisotopic (exact) mass is 254 g/mol. The predicted molar refractivity (Wildman–Crippen MR) is 70.5 cm³/mol. The Balaban J connectivity index is 2.11. The fraction of sp³-hybridized carbons (Fsp3) is 0.538. The van der Waals surface area contributed by atoms with Crippen molar-refractivity contribution in [3.63, 3.8) is 0 Å². The molecule has 1 saturated heterocycles. The summed E-state index contributed by atoms with van der Waals surface area (Å²) in [6.07, 6.45) is 1.07. The van der Waals surface area contributed by atoms with Crippen molar-refractivity contribution in [1.29, 1.82) is 0 Å². The second-order valence-corrected chi connectivity index (χ2v) is 4.85. The molecule has 1 fully saturated rings. The van der Waals surface area contributed by atoms with Crippen LogP contribution >= 0.6 is 11.6 Å². The quantitative estimate of drug-likeness (QED) is 0.896. The Morgan fingerprint density at radius 3 is 3.00 bits per heavy atom. The molecule has 2 N–H and O–H groups in total. The van der Waals surface area contributed by atoms with Gasteiger partial charge in [0.05, 0.1) is 11.6 Å². The second kappa shape index (κ2) is 5.71. The summed E-state index contributed by atoms with van der Waals surface area (Å²) in [4.78, 5) is 2.35. The minimum atomic E-state index is 0.310. The summed E-state index contributed by atoms with van der Waals surface area (Å²) in [6.45, 7) is 5.48. The van der Waals surface area contributed by atoms with Crippen LogP contribution in [0.25, 0.3) is 0 Å². The lowest BCUT2D eigenvalue weighted by molar-refractivity contribution is 0.302. The van der Waals surface area contributed by atoms with Crippen molar-refractivity contribution in [3.05, 3.63) is 28.8 Å². The lowest BCUT2D eigenvalue weighted by Crippen LogP contribution is -2.26. The smallest absolute Gasteiger partial charge is 0.142 e. The third kappa shape index (κ3) is 3.12. The van der Waals surface area contributed by atoms with Gasteiger partial charge in [-0.25, -0.2) is 0 Å². The van der Waals surface area contributed by atoms with Crippen LogP contribution in [0.5, 0.6) is 5.75 Å². The molecule has 0 aromatic heterocycles. The van der Waals surface area contributed by atoms with Crippen LogP contribution in [0.1, 0.15) is 18.9 Å². The number of rotatable bonds is 4. The average Bonchev–Trinajstić information content (AvgIpc) is 2.69. The van der Waals surface area contributed by atoms with Crippen molar-refractivity contribution in [1.82, 2.24) is 4.90 Å². The molecule has 0 bridgehead atoms. The molecule has 1 unspecified atom stereocenters. The highest BCUT2D eigenvalue weighted by molar-refractivity contribution is 6.32. The third-order valence-electron chi connectivity index (χ3n) is 3.04. The highest BCUT2D eigenvalue weighted by atomic mass is 35.5. The molecule has 0 amide bonds. The lowest BCUT2D eigenvalue weighted by Gasteiger charge is -2.18. The van der Waals surface area contributed by atoms with Gasteiger partial charge in [-0.1, -0.05) is 23.7 Å². The van der Waals surface area contributed by atoms with E-state index in [1.165, 1.54) is 0 Å². The Morgan fingerprint density at radius 1 is 1.53 bits per heavy atom. The standard InChI is InChI=1S/C13H19ClN2O/c1-2-17-13-10(4-3-5-12(13)14)8-16-7-6-11(15)9-16/h3-5,11H,2,6-9,15H2,1H3. The van der Waals surface area contributed by atoms with Crippen LogP contribution in [0, 0.1) is 0 Å². The molecule has 0 radical (unpaired) electrons. The summed E-state index contributed by atoms with van der Waals surface area (Å²) < 4.78 is 5.62. The maximum Gasteiger partial charge on any atom is 0.142 e. The molecule has 17 heavy (non-hydrogen) atoms. The normalized spacial score (nSPS) is 20.8. The summed E-state index contributed by atoms with van der Waals surface area (Å²) in [5.74, 6) is 0.817. The first-order chi connectivity index (χ1) is 8.20. The van der Waals surface area contributed by atoms with Gasteiger partial charge in [0.1, 0.15) is 5.75 Å². The highest BCUT2D eigenvalue weighted by Gasteiger charge is 2.20. The largest absolute Gasteiger partial charge is 0.492 e. The number of halogens is 1. The van der Waals surface area contributed by atoms with Crippen molar-refractivity contribution >= 4 is 11.6 Å². The van der Waals surface area contributed by atoms with Crippen molar-refractivity contribution < 1.29 is 4.74 Å². The van der Waals surface area contributed by atoms with E-state index in [2.05, 4.69) is 11.0 Å². The van der Waals surface area contributed by atoms with Gasteiger partial charge in [0.15, 0.2) is 0 Å². The zero-order valence-electron chi connectivity index (χ0n) is 10.2. The molecule has 1 aromatic carbocycles. The first kappa shape index (κ1) is 12.7. The van der Waals surface area contributed by atoms with E-state index in [-0.39, 0.29) is 0 Å². The van der Waals surface area contributed by atoms with Crippen LogP contribution < -0.4 is 10.5 Å². The number of benzene rings is 1. The van der Waals surface area contributed by atoms with Crippen molar-refractivity contribution in [2.24, 2.45) is 5.73 Å². The molecule has 0 aliphatic carbocycles. The summed E-state index contributed by atoms with van der Waals surface area (Å²) in [5.41, 5.74) is 7.05. The van der Waals surface area contributed by atoms with Gasteiger partial charge in [0.2, 0.25) is 0 Å². The van der Waals surface area contributed by atoms with Crippen molar-refractivity contribution in [2.75, 3.05) is 19.7 Å². The van der Waals surface area contributed by atoms with Crippen LogP contribution in [0.15, 0.2) is 18.2 Å². The van der Waals surface area contributed by atoms with E-state index < -0.39 is 0 Å². The molecule has 1 aliphatic rings.